The molecule has 1 rings (SSSR count). The molecule has 8 heteroatoms. The van der Waals surface area contributed by atoms with Crippen LogP contribution in [0.1, 0.15) is 27.2 Å². The minimum absolute atomic E-state index is 0.284. The lowest BCUT2D eigenvalue weighted by atomic mass is 9.92. The number of likely N-dealkylation sites (N-methyl/N-ethyl adjacent to an activating group) is 1. The Morgan fingerprint density at radius 3 is 2.35 bits per heavy atom. The molecule has 2 unspecified atom stereocenters. The van der Waals surface area contributed by atoms with Crippen molar-refractivity contribution in [3.05, 3.63) is 0 Å². The Hall–Kier alpha value is -1.47. The molecule has 0 aromatic carbocycles. The van der Waals surface area contributed by atoms with Gasteiger partial charge in [-0.2, -0.15) is 13.2 Å². The highest BCUT2D eigenvalue weighted by atomic mass is 19.4. The average molecular weight is 336 g/mol. The Bertz CT molecular complexity index is 415. The molecule has 1 N–H and O–H groups in total. The van der Waals surface area contributed by atoms with Gasteiger partial charge in [-0.3, -0.25) is 4.79 Å². The fourth-order valence-electron chi connectivity index (χ4n) is 2.88. The first-order valence-electron chi connectivity index (χ1n) is 7.96. The third kappa shape index (κ3) is 7.09. The summed E-state index contributed by atoms with van der Waals surface area (Å²) in [7, 11) is 1.14. The van der Waals surface area contributed by atoms with Gasteiger partial charge in [0.15, 0.2) is 5.96 Å². The van der Waals surface area contributed by atoms with Crippen molar-refractivity contribution in [2.75, 3.05) is 39.8 Å². The molecule has 2 atom stereocenters. The summed E-state index contributed by atoms with van der Waals surface area (Å²) in [6, 6.07) is 0. The molecule has 1 heterocycles. The third-order valence-corrected chi connectivity index (χ3v) is 3.71. The number of likely N-dealkylation sites (tertiary alicyclic amines) is 1. The maximum absolute atomic E-state index is 12.3. The predicted octanol–water partition coefficient (Wildman–Crippen LogP) is 1.95. The first-order valence-corrected chi connectivity index (χ1v) is 7.96. The summed E-state index contributed by atoms with van der Waals surface area (Å²) in [6.07, 6.45) is -3.25. The van der Waals surface area contributed by atoms with E-state index < -0.39 is 18.6 Å². The zero-order valence-corrected chi connectivity index (χ0v) is 14.3. The van der Waals surface area contributed by atoms with E-state index in [1.54, 1.807) is 0 Å². The molecule has 1 amide bonds. The Kier molecular flexibility index (Phi) is 7.15. The molecular formula is C15H27F3N4O. The van der Waals surface area contributed by atoms with Crippen molar-refractivity contribution >= 4 is 11.9 Å². The Morgan fingerprint density at radius 2 is 1.87 bits per heavy atom. The van der Waals surface area contributed by atoms with Gasteiger partial charge in [0.1, 0.15) is 13.1 Å². The van der Waals surface area contributed by atoms with Crippen molar-refractivity contribution in [2.24, 2.45) is 16.8 Å². The van der Waals surface area contributed by atoms with Crippen LogP contribution in [0.15, 0.2) is 4.99 Å². The van der Waals surface area contributed by atoms with Crippen LogP contribution in [0, 0.1) is 11.8 Å². The van der Waals surface area contributed by atoms with E-state index in [1.165, 1.54) is 0 Å². The highest BCUT2D eigenvalue weighted by molar-refractivity contribution is 5.85. The van der Waals surface area contributed by atoms with Gasteiger partial charge in [-0.05, 0) is 25.2 Å². The Morgan fingerprint density at radius 1 is 1.30 bits per heavy atom. The van der Waals surface area contributed by atoms with E-state index in [0.29, 0.717) is 29.2 Å². The van der Waals surface area contributed by atoms with Gasteiger partial charge in [0, 0.05) is 26.7 Å². The summed E-state index contributed by atoms with van der Waals surface area (Å²) in [6.45, 7) is 7.02. The van der Waals surface area contributed by atoms with Crippen molar-refractivity contribution < 1.29 is 18.0 Å². The first kappa shape index (κ1) is 19.6. The maximum atomic E-state index is 12.3. The molecule has 23 heavy (non-hydrogen) atoms. The quantitative estimate of drug-likeness (QED) is 0.631. The van der Waals surface area contributed by atoms with Crippen LogP contribution in [0.5, 0.6) is 0 Å². The summed E-state index contributed by atoms with van der Waals surface area (Å²) in [5.74, 6) is 0.993. The monoisotopic (exact) mass is 336 g/mol. The van der Waals surface area contributed by atoms with Gasteiger partial charge in [-0.1, -0.05) is 13.8 Å². The van der Waals surface area contributed by atoms with Crippen molar-refractivity contribution in [1.29, 1.82) is 0 Å². The fourth-order valence-corrected chi connectivity index (χ4v) is 2.88. The number of rotatable bonds is 4. The number of nitrogens with one attached hydrogen (secondary N) is 1. The molecule has 1 saturated heterocycles. The molecule has 0 radical (unpaired) electrons. The van der Waals surface area contributed by atoms with Gasteiger partial charge in [-0.25, -0.2) is 4.99 Å². The molecule has 0 bridgehead atoms. The summed E-state index contributed by atoms with van der Waals surface area (Å²) < 4.78 is 36.9. The smallest absolute Gasteiger partial charge is 0.357 e. The Labute approximate surface area is 135 Å². The summed E-state index contributed by atoms with van der Waals surface area (Å²) in [4.78, 5) is 18.8. The molecule has 1 aliphatic rings. The molecule has 0 aromatic heterocycles. The number of piperidine rings is 1. The van der Waals surface area contributed by atoms with Crippen LogP contribution in [0.3, 0.4) is 0 Å². The van der Waals surface area contributed by atoms with Crippen LogP contribution >= 0.6 is 0 Å². The number of carbonyl (C=O) groups is 1. The SMILES string of the molecule is CCNC(=NCC(=O)N(C)CC(F)(F)F)N1CC(C)CC(C)C1. The van der Waals surface area contributed by atoms with Gasteiger partial charge in [0.05, 0.1) is 0 Å². The topological polar surface area (TPSA) is 47.9 Å². The van der Waals surface area contributed by atoms with Gasteiger partial charge >= 0.3 is 6.18 Å². The van der Waals surface area contributed by atoms with E-state index in [9.17, 15) is 18.0 Å². The summed E-state index contributed by atoms with van der Waals surface area (Å²) in [5, 5.41) is 3.12. The van der Waals surface area contributed by atoms with Gasteiger partial charge < -0.3 is 15.1 Å². The fraction of sp³-hybridized carbons (Fsp3) is 0.867. The molecule has 134 valence electrons. The largest absolute Gasteiger partial charge is 0.406 e. The van der Waals surface area contributed by atoms with E-state index in [-0.39, 0.29) is 6.54 Å². The van der Waals surface area contributed by atoms with Gasteiger partial charge in [0.2, 0.25) is 5.91 Å². The molecule has 0 aromatic rings. The lowest BCUT2D eigenvalue weighted by molar-refractivity contribution is -0.157. The van der Waals surface area contributed by atoms with Crippen LogP contribution in [0.25, 0.3) is 0 Å². The molecular weight excluding hydrogens is 309 g/mol. The van der Waals surface area contributed by atoms with E-state index >= 15 is 0 Å². The molecule has 0 saturated carbocycles. The number of halogens is 3. The molecule has 1 fully saturated rings. The number of hydrogen-bond acceptors (Lipinski definition) is 2. The van der Waals surface area contributed by atoms with Crippen LogP contribution in [-0.2, 0) is 4.79 Å². The Balaban J connectivity index is 2.69. The number of nitrogens with zero attached hydrogens (tertiary/aromatic N) is 3. The molecule has 0 spiro atoms. The number of hydrogen-bond donors (Lipinski definition) is 1. The third-order valence-electron chi connectivity index (χ3n) is 3.71. The zero-order chi connectivity index (χ0) is 17.6. The number of carbonyl (C=O) groups excluding carboxylic acids is 1. The standard InChI is InChI=1S/C15H27F3N4O/c1-5-19-14(22-8-11(2)6-12(3)9-22)20-7-13(23)21(4)10-15(16,17)18/h11-12H,5-10H2,1-4H3,(H,19,20). The lowest BCUT2D eigenvalue weighted by Gasteiger charge is -2.37. The lowest BCUT2D eigenvalue weighted by Crippen LogP contribution is -2.49. The number of amides is 1. The van der Waals surface area contributed by atoms with Crippen LogP contribution in [0.4, 0.5) is 13.2 Å². The second kappa shape index (κ2) is 8.40. The van der Waals surface area contributed by atoms with Crippen molar-refractivity contribution in [1.82, 2.24) is 15.1 Å². The summed E-state index contributed by atoms with van der Waals surface area (Å²) in [5.41, 5.74) is 0. The number of alkyl halides is 3. The maximum Gasteiger partial charge on any atom is 0.406 e. The van der Waals surface area contributed by atoms with E-state index in [2.05, 4.69) is 29.1 Å². The number of guanidine groups is 1. The van der Waals surface area contributed by atoms with Crippen molar-refractivity contribution in [3.63, 3.8) is 0 Å². The van der Waals surface area contributed by atoms with Crippen molar-refractivity contribution in [3.8, 4) is 0 Å². The molecule has 0 aliphatic carbocycles. The second-order valence-corrected chi connectivity index (χ2v) is 6.39. The molecule has 5 nitrogen and oxygen atoms in total. The second-order valence-electron chi connectivity index (χ2n) is 6.39. The normalized spacial score (nSPS) is 22.9. The molecule has 1 aliphatic heterocycles. The number of aliphatic imine (C=N–C) groups is 1. The predicted molar refractivity (Wildman–Crippen MR) is 84.2 cm³/mol. The summed E-state index contributed by atoms with van der Waals surface area (Å²) >= 11 is 0. The minimum Gasteiger partial charge on any atom is -0.357 e. The highest BCUT2D eigenvalue weighted by Gasteiger charge is 2.31. The van der Waals surface area contributed by atoms with E-state index in [0.717, 1.165) is 26.6 Å². The van der Waals surface area contributed by atoms with E-state index in [1.807, 2.05) is 6.92 Å². The van der Waals surface area contributed by atoms with Crippen LogP contribution in [-0.4, -0.2) is 67.6 Å². The zero-order valence-electron chi connectivity index (χ0n) is 14.3. The van der Waals surface area contributed by atoms with Crippen molar-refractivity contribution in [2.45, 2.75) is 33.4 Å². The first-order chi connectivity index (χ1) is 10.6. The minimum atomic E-state index is -4.39. The van der Waals surface area contributed by atoms with Crippen LogP contribution in [0.2, 0.25) is 0 Å². The van der Waals surface area contributed by atoms with Gasteiger partial charge in [-0.15, -0.1) is 0 Å². The van der Waals surface area contributed by atoms with Crippen LogP contribution < -0.4 is 5.32 Å². The highest BCUT2D eigenvalue weighted by Crippen LogP contribution is 2.21. The van der Waals surface area contributed by atoms with Gasteiger partial charge in [0.25, 0.3) is 0 Å². The average Bonchev–Trinajstić information content (AvgIpc) is 2.40. The van der Waals surface area contributed by atoms with E-state index in [4.69, 9.17) is 0 Å².